The molecule has 0 spiro atoms. The van der Waals surface area contributed by atoms with Gasteiger partial charge in [-0.25, -0.2) is 4.98 Å². The fourth-order valence-corrected chi connectivity index (χ4v) is 4.28. The maximum absolute atomic E-state index is 13.3. The molecule has 162 valence electrons. The summed E-state index contributed by atoms with van der Waals surface area (Å²) in [6.07, 6.45) is 2.24. The number of hydrogen-bond acceptors (Lipinski definition) is 4. The van der Waals surface area contributed by atoms with Gasteiger partial charge in [0.2, 0.25) is 11.8 Å². The van der Waals surface area contributed by atoms with Crippen molar-refractivity contribution < 1.29 is 14.7 Å². The van der Waals surface area contributed by atoms with Crippen LogP contribution < -0.4 is 5.32 Å². The Morgan fingerprint density at radius 2 is 2.13 bits per heavy atom. The molecule has 2 heterocycles. The molecule has 2 amide bonds. The van der Waals surface area contributed by atoms with Gasteiger partial charge in [-0.3, -0.25) is 9.59 Å². The Kier molecular flexibility index (Phi) is 6.67. The summed E-state index contributed by atoms with van der Waals surface area (Å²) in [5.74, 6) is 0.193. The summed E-state index contributed by atoms with van der Waals surface area (Å²) in [4.78, 5) is 34.5. The van der Waals surface area contributed by atoms with Gasteiger partial charge < -0.3 is 20.3 Å². The predicted molar refractivity (Wildman–Crippen MR) is 118 cm³/mol. The van der Waals surface area contributed by atoms with Gasteiger partial charge in [0.15, 0.2) is 0 Å². The third kappa shape index (κ3) is 5.29. The molecule has 0 aliphatic carbocycles. The van der Waals surface area contributed by atoms with Gasteiger partial charge in [-0.05, 0) is 23.1 Å². The van der Waals surface area contributed by atoms with E-state index in [0.29, 0.717) is 18.7 Å². The molecule has 0 saturated carbocycles. The lowest BCUT2D eigenvalue weighted by Crippen LogP contribution is -2.54. The first-order valence-electron chi connectivity index (χ1n) is 10.1. The Morgan fingerprint density at radius 1 is 1.40 bits per heavy atom. The van der Waals surface area contributed by atoms with Crippen LogP contribution in [0.25, 0.3) is 0 Å². The number of nitrogens with one attached hydrogen (secondary N) is 2. The van der Waals surface area contributed by atoms with Crippen LogP contribution in [0.3, 0.4) is 0 Å². The molecule has 1 aliphatic rings. The first-order chi connectivity index (χ1) is 14.0. The van der Waals surface area contributed by atoms with Crippen LogP contribution in [0.15, 0.2) is 34.9 Å². The standard InChI is InChI=1S/C22H29BrN4O3/c1-13(28)25-19(22(2,3)4)21(30)27-12-17(29)10-18(27)20-24-11-16(26-20)9-14-6-5-7-15(23)8-14/h5-8,11,17-19,29H,9-10,12H2,1-4H3,(H,24,26)(H,25,28)/t17-,18+,19-/m1/s1. The SMILES string of the molecule is CC(=O)N[C@H](C(=O)N1C[C@H](O)C[C@H]1c1ncc(Cc2cccc(Br)c2)[nH]1)C(C)(C)C. The van der Waals surface area contributed by atoms with Crippen molar-refractivity contribution in [2.24, 2.45) is 5.41 Å². The third-order valence-corrected chi connectivity index (χ3v) is 5.76. The molecule has 1 aromatic carbocycles. The molecule has 1 fully saturated rings. The number of halogens is 1. The number of hydrogen-bond donors (Lipinski definition) is 3. The molecular formula is C22H29BrN4O3. The Labute approximate surface area is 185 Å². The van der Waals surface area contributed by atoms with Crippen LogP contribution in [0.1, 0.15) is 57.2 Å². The summed E-state index contributed by atoms with van der Waals surface area (Å²) < 4.78 is 1.02. The minimum Gasteiger partial charge on any atom is -0.391 e. The summed E-state index contributed by atoms with van der Waals surface area (Å²) in [7, 11) is 0. The highest BCUT2D eigenvalue weighted by molar-refractivity contribution is 9.10. The fraction of sp³-hybridized carbons (Fsp3) is 0.500. The van der Waals surface area contributed by atoms with Crippen molar-refractivity contribution in [1.29, 1.82) is 0 Å². The average Bonchev–Trinajstić information content (AvgIpc) is 3.24. The van der Waals surface area contributed by atoms with E-state index >= 15 is 0 Å². The van der Waals surface area contributed by atoms with Crippen LogP contribution in [0.2, 0.25) is 0 Å². The molecule has 3 rings (SSSR count). The number of aliphatic hydroxyl groups excluding tert-OH is 1. The van der Waals surface area contributed by atoms with Crippen molar-refractivity contribution in [2.45, 2.75) is 58.7 Å². The number of aromatic amines is 1. The van der Waals surface area contributed by atoms with Crippen LogP contribution in [-0.4, -0.2) is 50.5 Å². The molecule has 1 saturated heterocycles. The zero-order valence-electron chi connectivity index (χ0n) is 17.8. The third-order valence-electron chi connectivity index (χ3n) is 5.27. The van der Waals surface area contributed by atoms with Gasteiger partial charge in [0.25, 0.3) is 0 Å². The van der Waals surface area contributed by atoms with E-state index in [1.807, 2.05) is 39.0 Å². The minimum absolute atomic E-state index is 0.204. The monoisotopic (exact) mass is 476 g/mol. The van der Waals surface area contributed by atoms with Crippen LogP contribution in [-0.2, 0) is 16.0 Å². The van der Waals surface area contributed by atoms with E-state index in [9.17, 15) is 14.7 Å². The Hall–Kier alpha value is -2.19. The van der Waals surface area contributed by atoms with Crippen molar-refractivity contribution in [2.75, 3.05) is 6.54 Å². The predicted octanol–water partition coefficient (Wildman–Crippen LogP) is 2.95. The molecule has 0 bridgehead atoms. The molecule has 8 heteroatoms. The summed E-state index contributed by atoms with van der Waals surface area (Å²) in [6, 6.07) is 7.02. The normalized spacial score (nSPS) is 20.3. The number of β-amino-alcohol motifs (C(OH)–C–C–N with tert-alkyl or cyclic N) is 1. The van der Waals surface area contributed by atoms with E-state index in [4.69, 9.17) is 0 Å². The number of imidazole rings is 1. The largest absolute Gasteiger partial charge is 0.391 e. The maximum atomic E-state index is 13.3. The van der Waals surface area contributed by atoms with Crippen molar-refractivity contribution >= 4 is 27.7 Å². The number of aliphatic hydroxyl groups is 1. The number of rotatable bonds is 5. The van der Waals surface area contributed by atoms with Gasteiger partial charge in [0.05, 0.1) is 12.1 Å². The number of carbonyl (C=O) groups is 2. The summed E-state index contributed by atoms with van der Waals surface area (Å²) >= 11 is 3.48. The smallest absolute Gasteiger partial charge is 0.246 e. The second-order valence-electron chi connectivity index (χ2n) is 9.00. The molecule has 1 aromatic heterocycles. The highest BCUT2D eigenvalue weighted by Gasteiger charge is 2.43. The van der Waals surface area contributed by atoms with Crippen LogP contribution in [0.4, 0.5) is 0 Å². The first-order valence-corrected chi connectivity index (χ1v) is 10.9. The minimum atomic E-state index is -0.682. The second kappa shape index (κ2) is 8.89. The van der Waals surface area contributed by atoms with Crippen LogP contribution in [0, 0.1) is 5.41 Å². The van der Waals surface area contributed by atoms with E-state index in [-0.39, 0.29) is 24.4 Å². The zero-order valence-corrected chi connectivity index (χ0v) is 19.4. The number of aromatic nitrogens is 2. The number of H-pyrrole nitrogens is 1. The van der Waals surface area contributed by atoms with E-state index in [1.165, 1.54) is 6.92 Å². The lowest BCUT2D eigenvalue weighted by atomic mass is 9.85. The number of nitrogens with zero attached hydrogens (tertiary/aromatic N) is 2. The van der Waals surface area contributed by atoms with Gasteiger partial charge >= 0.3 is 0 Å². The molecular weight excluding hydrogens is 448 g/mol. The summed E-state index contributed by atoms with van der Waals surface area (Å²) in [5, 5.41) is 13.1. The average molecular weight is 477 g/mol. The Morgan fingerprint density at radius 3 is 2.77 bits per heavy atom. The van der Waals surface area contributed by atoms with E-state index < -0.39 is 17.6 Å². The van der Waals surface area contributed by atoms with E-state index in [0.717, 1.165) is 15.7 Å². The lowest BCUT2D eigenvalue weighted by Gasteiger charge is -2.35. The van der Waals surface area contributed by atoms with Crippen LogP contribution in [0.5, 0.6) is 0 Å². The topological polar surface area (TPSA) is 98.3 Å². The van der Waals surface area contributed by atoms with Gasteiger partial charge in [-0.15, -0.1) is 0 Å². The van der Waals surface area contributed by atoms with Crippen molar-refractivity contribution in [3.8, 4) is 0 Å². The van der Waals surface area contributed by atoms with Crippen molar-refractivity contribution in [1.82, 2.24) is 20.2 Å². The van der Waals surface area contributed by atoms with Crippen molar-refractivity contribution in [3.63, 3.8) is 0 Å². The number of carbonyl (C=O) groups excluding carboxylic acids is 2. The van der Waals surface area contributed by atoms with E-state index in [1.54, 1.807) is 11.1 Å². The second-order valence-corrected chi connectivity index (χ2v) is 9.91. The summed E-state index contributed by atoms with van der Waals surface area (Å²) in [6.45, 7) is 7.36. The number of benzene rings is 1. The molecule has 0 radical (unpaired) electrons. The molecule has 1 aliphatic heterocycles. The van der Waals surface area contributed by atoms with Crippen molar-refractivity contribution in [3.05, 3.63) is 52.0 Å². The molecule has 7 nitrogen and oxygen atoms in total. The summed E-state index contributed by atoms with van der Waals surface area (Å²) in [5.41, 5.74) is 1.61. The van der Waals surface area contributed by atoms with Gasteiger partial charge in [0.1, 0.15) is 11.9 Å². The van der Waals surface area contributed by atoms with Gasteiger partial charge in [-0.1, -0.05) is 48.8 Å². The molecule has 2 aromatic rings. The fourth-order valence-electron chi connectivity index (χ4n) is 3.84. The van der Waals surface area contributed by atoms with Crippen LogP contribution >= 0.6 is 15.9 Å². The van der Waals surface area contributed by atoms with Gasteiger partial charge in [0, 0.05) is 42.7 Å². The number of amides is 2. The van der Waals surface area contributed by atoms with Gasteiger partial charge in [-0.2, -0.15) is 0 Å². The highest BCUT2D eigenvalue weighted by Crippen LogP contribution is 2.33. The maximum Gasteiger partial charge on any atom is 0.246 e. The lowest BCUT2D eigenvalue weighted by molar-refractivity contribution is -0.140. The molecule has 0 unspecified atom stereocenters. The zero-order chi connectivity index (χ0) is 22.1. The Balaban J connectivity index is 1.81. The van der Waals surface area contributed by atoms with E-state index in [2.05, 4.69) is 37.3 Å². The highest BCUT2D eigenvalue weighted by atomic mass is 79.9. The molecule has 3 atom stereocenters. The molecule has 30 heavy (non-hydrogen) atoms. The molecule has 3 N–H and O–H groups in total. The Bertz CT molecular complexity index is 921. The number of likely N-dealkylation sites (tertiary alicyclic amines) is 1. The quantitative estimate of drug-likeness (QED) is 0.617. The first kappa shape index (κ1) is 22.5.